The van der Waals surface area contributed by atoms with Gasteiger partial charge in [-0.3, -0.25) is 4.79 Å². The van der Waals surface area contributed by atoms with Crippen LogP contribution in [0.15, 0.2) is 22.7 Å². The minimum atomic E-state index is 0.0840. The summed E-state index contributed by atoms with van der Waals surface area (Å²) < 4.78 is 1.93. The Hall–Kier alpha value is -0.140. The summed E-state index contributed by atoms with van der Waals surface area (Å²) >= 11 is 5.71. The fourth-order valence-corrected chi connectivity index (χ4v) is 3.88. The molecule has 1 aromatic rings. The molecule has 2 unspecified atom stereocenters. The summed E-state index contributed by atoms with van der Waals surface area (Å²) in [6.45, 7) is 0.662. The highest BCUT2D eigenvalue weighted by Gasteiger charge is 2.30. The van der Waals surface area contributed by atoms with Gasteiger partial charge in [0, 0.05) is 21.1 Å². The van der Waals surface area contributed by atoms with Crippen molar-refractivity contribution in [3.63, 3.8) is 0 Å². The van der Waals surface area contributed by atoms with Gasteiger partial charge in [0.25, 0.3) is 5.91 Å². The molecule has 1 aromatic carbocycles. The van der Waals surface area contributed by atoms with Gasteiger partial charge in [0.05, 0.1) is 5.56 Å². The van der Waals surface area contributed by atoms with E-state index in [2.05, 4.69) is 38.5 Å². The van der Waals surface area contributed by atoms with Gasteiger partial charge >= 0.3 is 0 Å². The Labute approximate surface area is 142 Å². The summed E-state index contributed by atoms with van der Waals surface area (Å²) in [5, 5.41) is 0. The predicted molar refractivity (Wildman–Crippen MR) is 93.8 cm³/mol. The molecule has 0 bridgehead atoms. The highest BCUT2D eigenvalue weighted by Crippen LogP contribution is 2.29. The van der Waals surface area contributed by atoms with E-state index in [-0.39, 0.29) is 11.9 Å². The molecule has 2 N–H and O–H groups in total. The van der Waals surface area contributed by atoms with E-state index >= 15 is 0 Å². The van der Waals surface area contributed by atoms with Gasteiger partial charge < -0.3 is 10.6 Å². The van der Waals surface area contributed by atoms with Crippen LogP contribution in [0, 0.1) is 9.49 Å². The van der Waals surface area contributed by atoms with Gasteiger partial charge in [-0.2, -0.15) is 0 Å². The number of rotatable bonds is 3. The normalized spacial score (nSPS) is 22.6. The number of benzene rings is 1. The molecule has 1 saturated carbocycles. The lowest BCUT2D eigenvalue weighted by atomic mass is 9.83. The van der Waals surface area contributed by atoms with Crippen molar-refractivity contribution in [2.75, 3.05) is 13.6 Å². The van der Waals surface area contributed by atoms with E-state index in [1.54, 1.807) is 0 Å². The smallest absolute Gasteiger partial charge is 0.255 e. The zero-order chi connectivity index (χ0) is 14.7. The van der Waals surface area contributed by atoms with Crippen LogP contribution in [0.5, 0.6) is 0 Å². The molecular weight excluding hydrogens is 431 g/mol. The lowest BCUT2D eigenvalue weighted by Gasteiger charge is -2.37. The molecule has 2 rings (SSSR count). The zero-order valence-electron chi connectivity index (χ0n) is 11.6. The van der Waals surface area contributed by atoms with Gasteiger partial charge in [-0.05, 0) is 82.0 Å². The van der Waals surface area contributed by atoms with Crippen LogP contribution in [0.1, 0.15) is 36.0 Å². The molecule has 3 nitrogen and oxygen atoms in total. The predicted octanol–water partition coefficient (Wildman–Crippen LogP) is 3.64. The summed E-state index contributed by atoms with van der Waals surface area (Å²) in [6.07, 6.45) is 4.61. The van der Waals surface area contributed by atoms with Gasteiger partial charge in [0.2, 0.25) is 0 Å². The Kier molecular flexibility index (Phi) is 5.86. The first-order valence-corrected chi connectivity index (χ1v) is 8.84. The maximum atomic E-state index is 12.7. The Morgan fingerprint density at radius 3 is 2.85 bits per heavy atom. The van der Waals surface area contributed by atoms with Crippen LogP contribution in [-0.4, -0.2) is 30.4 Å². The molecule has 0 aliphatic heterocycles. The van der Waals surface area contributed by atoms with Crippen molar-refractivity contribution in [2.45, 2.75) is 31.7 Å². The molecule has 0 heterocycles. The summed E-state index contributed by atoms with van der Waals surface area (Å²) in [5.41, 5.74) is 6.61. The number of hydrogen-bond donors (Lipinski definition) is 1. The first-order valence-electron chi connectivity index (χ1n) is 6.97. The van der Waals surface area contributed by atoms with Gasteiger partial charge in [-0.1, -0.05) is 12.8 Å². The van der Waals surface area contributed by atoms with Crippen LogP contribution in [0.3, 0.4) is 0 Å². The third-order valence-electron chi connectivity index (χ3n) is 4.15. The van der Waals surface area contributed by atoms with Gasteiger partial charge in [0.15, 0.2) is 0 Å². The maximum absolute atomic E-state index is 12.7. The molecule has 0 radical (unpaired) electrons. The van der Waals surface area contributed by atoms with Crippen LogP contribution >= 0.6 is 38.5 Å². The van der Waals surface area contributed by atoms with Crippen LogP contribution in [0.25, 0.3) is 0 Å². The summed E-state index contributed by atoms with van der Waals surface area (Å²) in [6, 6.07) is 6.13. The Bertz CT molecular complexity index is 495. The number of carbonyl (C=O) groups excluding carboxylic acids is 1. The third kappa shape index (κ3) is 3.54. The average molecular weight is 451 g/mol. The van der Waals surface area contributed by atoms with E-state index < -0.39 is 0 Å². The van der Waals surface area contributed by atoms with E-state index in [1.165, 1.54) is 12.8 Å². The van der Waals surface area contributed by atoms with E-state index in [0.717, 1.165) is 26.4 Å². The van der Waals surface area contributed by atoms with Crippen molar-refractivity contribution >= 4 is 44.4 Å². The standard InChI is InChI=1S/C15H20BrIN2O/c1-19(14-5-3-2-4-10(14)9-18)15(20)12-8-11(17)6-7-13(12)16/h6-8,10,14H,2-5,9,18H2,1H3. The van der Waals surface area contributed by atoms with Gasteiger partial charge in [0.1, 0.15) is 0 Å². The van der Waals surface area contributed by atoms with Crippen molar-refractivity contribution in [1.82, 2.24) is 4.90 Å². The molecule has 1 amide bonds. The third-order valence-corrected chi connectivity index (χ3v) is 5.51. The lowest BCUT2D eigenvalue weighted by molar-refractivity contribution is 0.0619. The lowest BCUT2D eigenvalue weighted by Crippen LogP contribution is -2.46. The van der Waals surface area contributed by atoms with Crippen molar-refractivity contribution < 1.29 is 4.79 Å². The first-order chi connectivity index (χ1) is 9.54. The second kappa shape index (κ2) is 7.22. The van der Waals surface area contributed by atoms with E-state index in [1.807, 2.05) is 30.1 Å². The maximum Gasteiger partial charge on any atom is 0.255 e. The fraction of sp³-hybridized carbons (Fsp3) is 0.533. The number of nitrogens with two attached hydrogens (primary N) is 1. The molecule has 0 spiro atoms. The topological polar surface area (TPSA) is 46.3 Å². The second-order valence-electron chi connectivity index (χ2n) is 5.39. The minimum Gasteiger partial charge on any atom is -0.338 e. The van der Waals surface area contributed by atoms with Crippen LogP contribution in [-0.2, 0) is 0 Å². The highest BCUT2D eigenvalue weighted by molar-refractivity contribution is 14.1. The zero-order valence-corrected chi connectivity index (χ0v) is 15.4. The number of nitrogens with zero attached hydrogens (tertiary/aromatic N) is 1. The van der Waals surface area contributed by atoms with E-state index in [0.29, 0.717) is 12.5 Å². The largest absolute Gasteiger partial charge is 0.338 e. The SMILES string of the molecule is CN(C(=O)c1cc(I)ccc1Br)C1CCCCC1CN. The molecule has 2 atom stereocenters. The molecule has 1 fully saturated rings. The first kappa shape index (κ1) is 16.2. The van der Waals surface area contributed by atoms with Crippen molar-refractivity contribution in [3.05, 3.63) is 31.8 Å². The van der Waals surface area contributed by atoms with Crippen molar-refractivity contribution in [2.24, 2.45) is 11.7 Å². The number of amides is 1. The van der Waals surface area contributed by atoms with Crippen LogP contribution in [0.4, 0.5) is 0 Å². The molecule has 1 aliphatic carbocycles. The minimum absolute atomic E-state index is 0.0840. The highest BCUT2D eigenvalue weighted by atomic mass is 127. The summed E-state index contributed by atoms with van der Waals surface area (Å²) in [5.74, 6) is 0.514. The van der Waals surface area contributed by atoms with Gasteiger partial charge in [-0.15, -0.1) is 0 Å². The molecule has 110 valence electrons. The van der Waals surface area contributed by atoms with E-state index in [9.17, 15) is 4.79 Å². The molecule has 5 heteroatoms. The Morgan fingerprint density at radius 2 is 2.15 bits per heavy atom. The molecule has 1 aliphatic rings. The summed E-state index contributed by atoms with van der Waals surface area (Å²) in [4.78, 5) is 14.6. The van der Waals surface area contributed by atoms with Gasteiger partial charge in [-0.25, -0.2) is 0 Å². The quantitative estimate of drug-likeness (QED) is 0.714. The number of carbonyl (C=O) groups is 1. The fourth-order valence-electron chi connectivity index (χ4n) is 2.97. The number of halogens is 2. The molecule has 20 heavy (non-hydrogen) atoms. The Balaban J connectivity index is 2.21. The van der Waals surface area contributed by atoms with Crippen LogP contribution < -0.4 is 5.73 Å². The van der Waals surface area contributed by atoms with Crippen LogP contribution in [0.2, 0.25) is 0 Å². The number of hydrogen-bond acceptors (Lipinski definition) is 2. The molecule has 0 saturated heterocycles. The second-order valence-corrected chi connectivity index (χ2v) is 7.49. The average Bonchev–Trinajstić information content (AvgIpc) is 2.48. The van der Waals surface area contributed by atoms with E-state index in [4.69, 9.17) is 5.73 Å². The molecule has 0 aromatic heterocycles. The van der Waals surface area contributed by atoms with Crippen molar-refractivity contribution in [1.29, 1.82) is 0 Å². The Morgan fingerprint density at radius 1 is 1.45 bits per heavy atom. The van der Waals surface area contributed by atoms with Crippen molar-refractivity contribution in [3.8, 4) is 0 Å². The molecular formula is C15H20BrIN2O. The summed E-state index contributed by atoms with van der Waals surface area (Å²) in [7, 11) is 1.91. The monoisotopic (exact) mass is 450 g/mol.